The number of carbonyl (C=O) groups is 2. The molecule has 4 nitrogen and oxygen atoms in total. The van der Waals surface area contributed by atoms with Crippen molar-refractivity contribution in [1.29, 1.82) is 0 Å². The van der Waals surface area contributed by atoms with Gasteiger partial charge in [-0.25, -0.2) is 0 Å². The maximum absolute atomic E-state index is 11.8. The molecule has 0 N–H and O–H groups in total. The minimum atomic E-state index is -0.217. The quantitative estimate of drug-likeness (QED) is 0.459. The Hall–Kier alpha value is -1.94. The van der Waals surface area contributed by atoms with Crippen molar-refractivity contribution in [1.82, 2.24) is 0 Å². The van der Waals surface area contributed by atoms with E-state index in [2.05, 4.69) is 0 Å². The molecule has 3 aliphatic rings. The monoisotopic (exact) mass is 344 g/mol. The highest BCUT2D eigenvalue weighted by atomic mass is 16.5. The van der Waals surface area contributed by atoms with Crippen LogP contribution in [0.25, 0.3) is 0 Å². The normalized spacial score (nSPS) is 27.4. The number of allylic oxidation sites excluding steroid dienone is 2. The number of benzene rings is 1. The summed E-state index contributed by atoms with van der Waals surface area (Å²) in [5.74, 6) is -0.0415. The Bertz CT molecular complexity index is 567. The third-order valence-electron chi connectivity index (χ3n) is 5.60. The van der Waals surface area contributed by atoms with Crippen LogP contribution in [-0.4, -0.2) is 26.5 Å². The van der Waals surface area contributed by atoms with Crippen molar-refractivity contribution in [2.45, 2.75) is 45.1 Å². The first kappa shape index (κ1) is 19.4. The molecule has 3 fully saturated rings. The molecule has 4 rings (SSSR count). The van der Waals surface area contributed by atoms with E-state index in [1.165, 1.54) is 12.7 Å². The molecule has 0 spiro atoms. The van der Waals surface area contributed by atoms with Crippen molar-refractivity contribution >= 4 is 12.3 Å². The Kier molecular flexibility index (Phi) is 6.94. The molecular formula is C21H28O4. The van der Waals surface area contributed by atoms with Gasteiger partial charge in [0.1, 0.15) is 6.29 Å². The average molecular weight is 344 g/mol. The Morgan fingerprint density at radius 3 is 2.12 bits per heavy atom. The van der Waals surface area contributed by atoms with Gasteiger partial charge in [-0.1, -0.05) is 36.4 Å². The minimum absolute atomic E-state index is 0.0415. The van der Waals surface area contributed by atoms with Gasteiger partial charge in [0, 0.05) is 7.11 Å². The predicted octanol–water partition coefficient (Wildman–Crippen LogP) is 4.09. The van der Waals surface area contributed by atoms with Crippen LogP contribution in [0.2, 0.25) is 0 Å². The maximum Gasteiger partial charge on any atom is 0.311 e. The van der Waals surface area contributed by atoms with E-state index in [0.29, 0.717) is 6.61 Å². The Balaban J connectivity index is 0.000000212. The molecule has 0 aromatic heterocycles. The van der Waals surface area contributed by atoms with Crippen LogP contribution in [0.3, 0.4) is 0 Å². The molecule has 0 radical (unpaired) electrons. The summed E-state index contributed by atoms with van der Waals surface area (Å²) in [6, 6.07) is 10.1. The first-order chi connectivity index (χ1) is 12.1. The average Bonchev–Trinajstić information content (AvgIpc) is 2.69. The zero-order chi connectivity index (χ0) is 18.2. The first-order valence-corrected chi connectivity index (χ1v) is 8.84. The van der Waals surface area contributed by atoms with E-state index in [1.807, 2.05) is 36.4 Å². The Morgan fingerprint density at radius 2 is 1.64 bits per heavy atom. The van der Waals surface area contributed by atoms with E-state index >= 15 is 0 Å². The lowest BCUT2D eigenvalue weighted by atomic mass is 9.53. The van der Waals surface area contributed by atoms with Crippen molar-refractivity contribution < 1.29 is 19.1 Å². The number of fused-ring (bicyclic) bond motifs is 3. The summed E-state index contributed by atoms with van der Waals surface area (Å²) in [5.41, 5.74) is 1.18. The second kappa shape index (κ2) is 8.95. The molecule has 4 heteroatoms. The van der Waals surface area contributed by atoms with Crippen LogP contribution in [-0.2, 0) is 25.7 Å². The fourth-order valence-electron chi connectivity index (χ4n) is 3.97. The van der Waals surface area contributed by atoms with Gasteiger partial charge in [0.15, 0.2) is 0 Å². The molecule has 3 aliphatic carbocycles. The molecular weight excluding hydrogens is 316 g/mol. The van der Waals surface area contributed by atoms with Crippen LogP contribution in [0.15, 0.2) is 42.5 Å². The lowest BCUT2D eigenvalue weighted by Gasteiger charge is -2.50. The molecule has 25 heavy (non-hydrogen) atoms. The molecule has 136 valence electrons. The van der Waals surface area contributed by atoms with E-state index in [0.717, 1.165) is 44.8 Å². The molecule has 3 saturated carbocycles. The van der Waals surface area contributed by atoms with Crippen molar-refractivity contribution in [2.24, 2.45) is 10.8 Å². The fraction of sp³-hybridized carbons (Fsp3) is 0.524. The molecule has 0 amide bonds. The van der Waals surface area contributed by atoms with E-state index in [-0.39, 0.29) is 16.8 Å². The van der Waals surface area contributed by atoms with Gasteiger partial charge >= 0.3 is 5.97 Å². The molecule has 1 aromatic carbocycles. The summed E-state index contributed by atoms with van der Waals surface area (Å²) in [7, 11) is 3.17. The van der Waals surface area contributed by atoms with Crippen LogP contribution < -0.4 is 0 Å². The van der Waals surface area contributed by atoms with Crippen molar-refractivity contribution in [3.8, 4) is 0 Å². The van der Waals surface area contributed by atoms with Gasteiger partial charge < -0.3 is 9.47 Å². The third-order valence-corrected chi connectivity index (χ3v) is 5.60. The number of carbonyl (C=O) groups excluding carboxylic acids is 2. The third kappa shape index (κ3) is 4.79. The maximum atomic E-state index is 11.8. The van der Waals surface area contributed by atoms with Gasteiger partial charge in [-0.15, -0.1) is 0 Å². The lowest BCUT2D eigenvalue weighted by Crippen LogP contribution is -2.45. The highest BCUT2D eigenvalue weighted by Crippen LogP contribution is 2.57. The molecule has 2 bridgehead atoms. The van der Waals surface area contributed by atoms with Gasteiger partial charge in [0.25, 0.3) is 0 Å². The summed E-state index contributed by atoms with van der Waals surface area (Å²) in [5, 5.41) is 0. The van der Waals surface area contributed by atoms with Gasteiger partial charge in [-0.2, -0.15) is 0 Å². The summed E-state index contributed by atoms with van der Waals surface area (Å²) < 4.78 is 9.84. The standard InChI is InChI=1S/C13H18O3.C8H10O/c1-16-11(15)13-7-4-12(5-8-13,6-9-13)3-2-10-14;1-9-7-8-5-3-2-4-6-8/h2-3,10H,4-9H2,1H3;2-6H,7H2,1H3/b3-2+;. The number of aldehydes is 1. The number of methoxy groups -OCH3 is 2. The van der Waals surface area contributed by atoms with E-state index in [4.69, 9.17) is 9.47 Å². The van der Waals surface area contributed by atoms with Gasteiger partial charge in [-0.3, -0.25) is 9.59 Å². The Morgan fingerprint density at radius 1 is 1.04 bits per heavy atom. The van der Waals surface area contributed by atoms with Crippen molar-refractivity contribution in [2.75, 3.05) is 14.2 Å². The number of esters is 1. The van der Waals surface area contributed by atoms with Crippen LogP contribution in [0.4, 0.5) is 0 Å². The number of rotatable bonds is 5. The van der Waals surface area contributed by atoms with Crippen molar-refractivity contribution in [3.05, 3.63) is 48.0 Å². The van der Waals surface area contributed by atoms with Crippen LogP contribution >= 0.6 is 0 Å². The number of hydrogen-bond donors (Lipinski definition) is 0. The summed E-state index contributed by atoms with van der Waals surface area (Å²) in [6.45, 7) is 0.709. The smallest absolute Gasteiger partial charge is 0.311 e. The predicted molar refractivity (Wildman–Crippen MR) is 96.9 cm³/mol. The fourth-order valence-corrected chi connectivity index (χ4v) is 3.97. The highest BCUT2D eigenvalue weighted by Gasteiger charge is 2.51. The molecule has 1 aromatic rings. The highest BCUT2D eigenvalue weighted by molar-refractivity contribution is 5.77. The second-order valence-electron chi connectivity index (χ2n) is 7.05. The summed E-state index contributed by atoms with van der Waals surface area (Å²) in [4.78, 5) is 22.1. The zero-order valence-corrected chi connectivity index (χ0v) is 15.2. The van der Waals surface area contributed by atoms with Crippen LogP contribution in [0.1, 0.15) is 44.1 Å². The first-order valence-electron chi connectivity index (χ1n) is 8.84. The van der Waals surface area contributed by atoms with Gasteiger partial charge in [0.2, 0.25) is 0 Å². The van der Waals surface area contributed by atoms with E-state index < -0.39 is 0 Å². The zero-order valence-electron chi connectivity index (χ0n) is 15.2. The largest absolute Gasteiger partial charge is 0.469 e. The molecule has 0 atom stereocenters. The topological polar surface area (TPSA) is 52.6 Å². The molecule has 0 saturated heterocycles. The number of hydrogen-bond acceptors (Lipinski definition) is 4. The van der Waals surface area contributed by atoms with Crippen LogP contribution in [0.5, 0.6) is 0 Å². The molecule has 0 aliphatic heterocycles. The van der Waals surface area contributed by atoms with Gasteiger partial charge in [0.05, 0.1) is 19.1 Å². The number of ether oxygens (including phenoxy) is 2. The lowest BCUT2D eigenvalue weighted by molar-refractivity contribution is -0.161. The van der Waals surface area contributed by atoms with Crippen molar-refractivity contribution in [3.63, 3.8) is 0 Å². The van der Waals surface area contributed by atoms with E-state index in [9.17, 15) is 9.59 Å². The SMILES string of the molecule is COC(=O)C12CCC(/C=C/C=O)(CC1)CC2.COCc1ccccc1. The van der Waals surface area contributed by atoms with Gasteiger partial charge in [-0.05, 0) is 55.6 Å². The van der Waals surface area contributed by atoms with Crippen LogP contribution in [0, 0.1) is 10.8 Å². The van der Waals surface area contributed by atoms with E-state index in [1.54, 1.807) is 13.2 Å². The summed E-state index contributed by atoms with van der Waals surface area (Å²) in [6.07, 6.45) is 10.2. The second-order valence-corrected chi connectivity index (χ2v) is 7.05. The molecule has 0 unspecified atom stereocenters. The summed E-state index contributed by atoms with van der Waals surface area (Å²) >= 11 is 0. The minimum Gasteiger partial charge on any atom is -0.469 e. The Labute approximate surface area is 150 Å². The molecule has 0 heterocycles.